The third-order valence-electron chi connectivity index (χ3n) is 4.72. The summed E-state index contributed by atoms with van der Waals surface area (Å²) in [5.41, 5.74) is 4.81. The number of ether oxygens (including phenoxy) is 1. The van der Waals surface area contributed by atoms with Gasteiger partial charge >= 0.3 is 0 Å². The number of hydrogen-bond donors (Lipinski definition) is 1. The predicted molar refractivity (Wildman–Crippen MR) is 126 cm³/mol. The van der Waals surface area contributed by atoms with Gasteiger partial charge in [-0.1, -0.05) is 65.7 Å². The Bertz CT molecular complexity index is 1250. The first-order chi connectivity index (χ1) is 15.1. The molecule has 0 aromatic heterocycles. The Morgan fingerprint density at radius 2 is 1.68 bits per heavy atom. The molecule has 0 radical (unpaired) electrons. The number of halogens is 2. The average molecular weight is 449 g/mol. The van der Waals surface area contributed by atoms with Crippen molar-refractivity contribution < 1.29 is 9.53 Å². The molecule has 0 saturated heterocycles. The molecule has 0 saturated carbocycles. The van der Waals surface area contributed by atoms with Crippen LogP contribution in [0.3, 0.4) is 0 Å². The summed E-state index contributed by atoms with van der Waals surface area (Å²) >= 11 is 11.8. The van der Waals surface area contributed by atoms with Gasteiger partial charge in [0, 0.05) is 5.56 Å². The van der Waals surface area contributed by atoms with E-state index in [1.54, 1.807) is 18.3 Å². The lowest BCUT2D eigenvalue weighted by molar-refractivity contribution is 0.0955. The molecule has 1 amide bonds. The van der Waals surface area contributed by atoms with Gasteiger partial charge in [0.25, 0.3) is 5.91 Å². The van der Waals surface area contributed by atoms with E-state index in [1.165, 1.54) is 16.8 Å². The van der Waals surface area contributed by atoms with Gasteiger partial charge in [0.05, 0.1) is 16.3 Å². The molecule has 0 fully saturated rings. The van der Waals surface area contributed by atoms with Crippen molar-refractivity contribution in [2.75, 3.05) is 0 Å². The van der Waals surface area contributed by atoms with Crippen molar-refractivity contribution in [3.63, 3.8) is 0 Å². The van der Waals surface area contributed by atoms with Crippen LogP contribution in [0.25, 0.3) is 10.8 Å². The van der Waals surface area contributed by atoms with Gasteiger partial charge < -0.3 is 4.74 Å². The fourth-order valence-corrected chi connectivity index (χ4v) is 3.40. The number of carbonyl (C=O) groups excluding carboxylic acids is 1. The summed E-state index contributed by atoms with van der Waals surface area (Å²) in [6.07, 6.45) is 1.56. The van der Waals surface area contributed by atoms with Crippen molar-refractivity contribution >= 4 is 46.1 Å². The maximum Gasteiger partial charge on any atom is 0.271 e. The van der Waals surface area contributed by atoms with E-state index in [0.717, 1.165) is 16.9 Å². The highest BCUT2D eigenvalue weighted by molar-refractivity contribution is 6.42. The van der Waals surface area contributed by atoms with Crippen LogP contribution in [0.2, 0.25) is 10.0 Å². The average Bonchev–Trinajstić information content (AvgIpc) is 2.80. The largest absolute Gasteiger partial charge is 0.489 e. The zero-order valence-electron chi connectivity index (χ0n) is 16.4. The number of fused-ring (bicyclic) bond motifs is 1. The highest BCUT2D eigenvalue weighted by Crippen LogP contribution is 2.23. The van der Waals surface area contributed by atoms with Gasteiger partial charge in [-0.15, -0.1) is 0 Å². The van der Waals surface area contributed by atoms with E-state index in [4.69, 9.17) is 27.9 Å². The highest BCUT2D eigenvalue weighted by atomic mass is 35.5. The molecule has 0 aliphatic heterocycles. The second-order valence-corrected chi connectivity index (χ2v) is 7.64. The molecular weight excluding hydrogens is 431 g/mol. The summed E-state index contributed by atoms with van der Waals surface area (Å²) in [6, 6.07) is 26.6. The second kappa shape index (κ2) is 9.65. The first kappa shape index (κ1) is 20.9. The Hall–Kier alpha value is -3.34. The number of hydrogen-bond acceptors (Lipinski definition) is 3. The van der Waals surface area contributed by atoms with Crippen LogP contribution in [0, 0.1) is 0 Å². The van der Waals surface area contributed by atoms with Gasteiger partial charge in [0.15, 0.2) is 0 Å². The highest BCUT2D eigenvalue weighted by Gasteiger charge is 2.07. The number of nitrogens with zero attached hydrogens (tertiary/aromatic N) is 1. The van der Waals surface area contributed by atoms with Crippen LogP contribution < -0.4 is 10.2 Å². The van der Waals surface area contributed by atoms with E-state index >= 15 is 0 Å². The number of carbonyl (C=O) groups is 1. The molecule has 4 nitrogen and oxygen atoms in total. The molecule has 4 aromatic rings. The monoisotopic (exact) mass is 448 g/mol. The van der Waals surface area contributed by atoms with E-state index < -0.39 is 0 Å². The van der Waals surface area contributed by atoms with Crippen molar-refractivity contribution in [2.24, 2.45) is 5.10 Å². The van der Waals surface area contributed by atoms with Gasteiger partial charge in [0.1, 0.15) is 12.4 Å². The van der Waals surface area contributed by atoms with Gasteiger partial charge in [0.2, 0.25) is 0 Å². The second-order valence-electron chi connectivity index (χ2n) is 6.82. The maximum absolute atomic E-state index is 12.1. The van der Waals surface area contributed by atoms with Crippen molar-refractivity contribution in [1.82, 2.24) is 5.43 Å². The summed E-state index contributed by atoms with van der Waals surface area (Å²) in [7, 11) is 0. The lowest BCUT2D eigenvalue weighted by atomic mass is 10.1. The van der Waals surface area contributed by atoms with Crippen molar-refractivity contribution in [3.05, 3.63) is 112 Å². The molecule has 1 N–H and O–H groups in total. The lowest BCUT2D eigenvalue weighted by Gasteiger charge is -2.09. The van der Waals surface area contributed by atoms with Crippen molar-refractivity contribution in [3.8, 4) is 5.75 Å². The Kier molecular flexibility index (Phi) is 6.51. The molecular formula is C25H18Cl2N2O2. The molecule has 154 valence electrons. The zero-order valence-corrected chi connectivity index (χ0v) is 17.9. The summed E-state index contributed by atoms with van der Waals surface area (Å²) < 4.78 is 5.94. The van der Waals surface area contributed by atoms with E-state index in [1.807, 2.05) is 42.5 Å². The molecule has 31 heavy (non-hydrogen) atoms. The van der Waals surface area contributed by atoms with E-state index in [-0.39, 0.29) is 5.91 Å². The molecule has 0 spiro atoms. The minimum absolute atomic E-state index is 0.317. The molecule has 0 unspecified atom stereocenters. The summed E-state index contributed by atoms with van der Waals surface area (Å²) in [5, 5.41) is 7.08. The Labute approximate surface area is 190 Å². The lowest BCUT2D eigenvalue weighted by Crippen LogP contribution is -2.17. The normalized spacial score (nSPS) is 11.0. The topological polar surface area (TPSA) is 50.7 Å². The van der Waals surface area contributed by atoms with Crippen molar-refractivity contribution in [2.45, 2.75) is 6.61 Å². The molecule has 4 rings (SSSR count). The van der Waals surface area contributed by atoms with Gasteiger partial charge in [-0.05, 0) is 64.4 Å². The summed E-state index contributed by atoms with van der Waals surface area (Å²) in [6.45, 7) is 0.481. The number of rotatable bonds is 6. The minimum atomic E-state index is -0.371. The summed E-state index contributed by atoms with van der Waals surface area (Å²) in [5.74, 6) is 0.384. The number of hydrazone groups is 1. The molecule has 0 heterocycles. The Morgan fingerprint density at radius 3 is 2.48 bits per heavy atom. The predicted octanol–water partition coefficient (Wildman–Crippen LogP) is 6.49. The van der Waals surface area contributed by atoms with Crippen molar-refractivity contribution in [1.29, 1.82) is 0 Å². The minimum Gasteiger partial charge on any atom is -0.489 e. The van der Waals surface area contributed by atoms with Gasteiger partial charge in [-0.3, -0.25) is 4.79 Å². The zero-order chi connectivity index (χ0) is 21.6. The maximum atomic E-state index is 12.1. The number of benzene rings is 4. The molecule has 0 aliphatic rings. The van der Waals surface area contributed by atoms with E-state index in [2.05, 4.69) is 34.8 Å². The fraction of sp³-hybridized carbons (Fsp3) is 0.0400. The smallest absolute Gasteiger partial charge is 0.271 e. The van der Waals surface area contributed by atoms with Crippen LogP contribution in [-0.2, 0) is 6.61 Å². The molecule has 0 atom stereocenters. The Balaban J connectivity index is 1.34. The first-order valence-electron chi connectivity index (χ1n) is 9.58. The number of nitrogens with one attached hydrogen (secondary N) is 1. The molecule has 6 heteroatoms. The molecule has 4 aromatic carbocycles. The van der Waals surface area contributed by atoms with Gasteiger partial charge in [-0.2, -0.15) is 5.10 Å². The quantitative estimate of drug-likeness (QED) is 0.270. The standard InChI is InChI=1S/C25H18Cl2N2O2/c26-23-13-10-19(14-24(23)27)25(30)29-28-15-17-8-11-21(12-9-17)31-16-20-6-3-5-18-4-1-2-7-22(18)20/h1-15H,16H2,(H,29,30)/b28-15-. The summed E-state index contributed by atoms with van der Waals surface area (Å²) in [4.78, 5) is 12.1. The van der Waals surface area contributed by atoms with Crippen LogP contribution in [-0.4, -0.2) is 12.1 Å². The van der Waals surface area contributed by atoms with E-state index in [9.17, 15) is 4.79 Å². The number of amides is 1. The van der Waals surface area contributed by atoms with Crippen LogP contribution in [0.5, 0.6) is 5.75 Å². The van der Waals surface area contributed by atoms with Crippen LogP contribution >= 0.6 is 23.2 Å². The third kappa shape index (κ3) is 5.23. The third-order valence-corrected chi connectivity index (χ3v) is 5.45. The van der Waals surface area contributed by atoms with Crippen LogP contribution in [0.15, 0.2) is 90.0 Å². The Morgan fingerprint density at radius 1 is 0.903 bits per heavy atom. The van der Waals surface area contributed by atoms with Crippen LogP contribution in [0.1, 0.15) is 21.5 Å². The SMILES string of the molecule is O=C(N/N=C\c1ccc(OCc2cccc3ccccc23)cc1)c1ccc(Cl)c(Cl)c1. The van der Waals surface area contributed by atoms with Crippen LogP contribution in [0.4, 0.5) is 0 Å². The molecule has 0 bridgehead atoms. The molecule has 0 aliphatic carbocycles. The first-order valence-corrected chi connectivity index (χ1v) is 10.3. The van der Waals surface area contributed by atoms with E-state index in [0.29, 0.717) is 22.2 Å². The van der Waals surface area contributed by atoms with Gasteiger partial charge in [-0.25, -0.2) is 5.43 Å². The fourth-order valence-electron chi connectivity index (χ4n) is 3.10.